The Balaban J connectivity index is 1.31. The van der Waals surface area contributed by atoms with Crippen LogP contribution >= 0.6 is 11.3 Å². The predicted molar refractivity (Wildman–Crippen MR) is 106 cm³/mol. The summed E-state index contributed by atoms with van der Waals surface area (Å²) in [6.45, 7) is 0.799. The third kappa shape index (κ3) is 3.10. The molecule has 2 aromatic heterocycles. The van der Waals surface area contributed by atoms with E-state index in [0.717, 1.165) is 41.0 Å². The fourth-order valence-corrected chi connectivity index (χ4v) is 4.85. The molecule has 1 saturated heterocycles. The molecule has 3 heterocycles. The fourth-order valence-electron chi connectivity index (χ4n) is 3.74. The second-order valence-electron chi connectivity index (χ2n) is 6.84. The number of rotatable bonds is 4. The van der Waals surface area contributed by atoms with E-state index < -0.39 is 0 Å². The number of fused-ring (bicyclic) bond motifs is 2. The van der Waals surface area contributed by atoms with Crippen LogP contribution in [0.4, 0.5) is 0 Å². The summed E-state index contributed by atoms with van der Waals surface area (Å²) < 4.78 is 6.92. The van der Waals surface area contributed by atoms with Crippen LogP contribution in [-0.4, -0.2) is 27.3 Å². The molecule has 0 bridgehead atoms. The zero-order chi connectivity index (χ0) is 18.2. The maximum absolute atomic E-state index is 12.9. The van der Waals surface area contributed by atoms with Gasteiger partial charge in [0.25, 0.3) is 0 Å². The Labute approximate surface area is 160 Å². The normalized spacial score (nSPS) is 17.2. The van der Waals surface area contributed by atoms with Crippen LogP contribution in [0.25, 0.3) is 21.3 Å². The quantitative estimate of drug-likeness (QED) is 0.516. The minimum absolute atomic E-state index is 0.0959. The number of carbonyl (C=O) groups excluding carboxylic acids is 1. The van der Waals surface area contributed by atoms with E-state index in [-0.39, 0.29) is 11.9 Å². The van der Waals surface area contributed by atoms with E-state index >= 15 is 0 Å². The predicted octanol–water partition coefficient (Wildman–Crippen LogP) is 4.73. The van der Waals surface area contributed by atoms with Crippen molar-refractivity contribution in [2.24, 2.45) is 0 Å². The van der Waals surface area contributed by atoms with Gasteiger partial charge in [-0.1, -0.05) is 24.3 Å². The molecule has 1 aliphatic heterocycles. The van der Waals surface area contributed by atoms with Crippen LogP contribution < -0.4 is 0 Å². The summed E-state index contributed by atoms with van der Waals surface area (Å²) in [7, 11) is 0. The highest BCUT2D eigenvalue weighted by molar-refractivity contribution is 7.18. The van der Waals surface area contributed by atoms with E-state index in [0.29, 0.717) is 18.7 Å². The first-order valence-electron chi connectivity index (χ1n) is 9.27. The lowest BCUT2D eigenvalue weighted by atomic mass is 10.2. The second-order valence-corrected chi connectivity index (χ2v) is 7.90. The lowest BCUT2D eigenvalue weighted by Gasteiger charge is -2.22. The van der Waals surface area contributed by atoms with Gasteiger partial charge in [-0.25, -0.2) is 9.97 Å². The van der Waals surface area contributed by atoms with Crippen LogP contribution in [0.1, 0.15) is 36.2 Å². The Morgan fingerprint density at radius 2 is 1.93 bits per heavy atom. The SMILES string of the molecule is O=C(CCc1nc2ccccc2o1)N1CCC[C@@H]1c1nc2ccccc2s1. The second kappa shape index (κ2) is 6.78. The summed E-state index contributed by atoms with van der Waals surface area (Å²) in [5, 5.41) is 1.05. The molecule has 0 radical (unpaired) electrons. The van der Waals surface area contributed by atoms with E-state index in [4.69, 9.17) is 9.40 Å². The molecule has 0 saturated carbocycles. The Morgan fingerprint density at radius 3 is 2.78 bits per heavy atom. The number of likely N-dealkylation sites (tertiary alicyclic amines) is 1. The van der Waals surface area contributed by atoms with Crippen LogP contribution in [-0.2, 0) is 11.2 Å². The highest BCUT2D eigenvalue weighted by atomic mass is 32.1. The van der Waals surface area contributed by atoms with Gasteiger partial charge in [0.05, 0.1) is 16.3 Å². The highest BCUT2D eigenvalue weighted by Crippen LogP contribution is 2.36. The number of aryl methyl sites for hydroxylation is 1. The maximum Gasteiger partial charge on any atom is 0.223 e. The zero-order valence-corrected chi connectivity index (χ0v) is 15.6. The number of carbonyl (C=O) groups is 1. The highest BCUT2D eigenvalue weighted by Gasteiger charge is 2.32. The number of hydrogen-bond acceptors (Lipinski definition) is 5. The molecular weight excluding hydrogens is 358 g/mol. The number of oxazole rings is 1. The van der Waals surface area contributed by atoms with Gasteiger partial charge in [-0.3, -0.25) is 4.79 Å². The first kappa shape index (κ1) is 16.4. The number of thiazole rings is 1. The molecule has 0 aliphatic carbocycles. The summed E-state index contributed by atoms with van der Waals surface area (Å²) in [6, 6.07) is 15.9. The van der Waals surface area contributed by atoms with Crippen molar-refractivity contribution >= 4 is 38.6 Å². The molecule has 1 atom stereocenters. The fraction of sp³-hybridized carbons (Fsp3) is 0.286. The van der Waals surface area contributed by atoms with Crippen LogP contribution in [0, 0.1) is 0 Å². The van der Waals surface area contributed by atoms with Crippen molar-refractivity contribution in [1.29, 1.82) is 0 Å². The molecule has 2 aromatic carbocycles. The van der Waals surface area contributed by atoms with Crippen molar-refractivity contribution in [2.45, 2.75) is 31.7 Å². The summed E-state index contributed by atoms with van der Waals surface area (Å²) in [5.41, 5.74) is 2.63. The molecule has 4 aromatic rings. The molecular formula is C21H19N3O2S. The standard InChI is InChI=1S/C21H19N3O2S/c25-20(12-11-19-22-14-6-1-3-9-17(14)26-19)24-13-5-8-16(24)21-23-15-7-2-4-10-18(15)27-21/h1-4,6-7,9-10,16H,5,8,11-13H2/t16-/m1/s1. The molecule has 5 nitrogen and oxygen atoms in total. The molecule has 136 valence electrons. The van der Waals surface area contributed by atoms with Gasteiger partial charge >= 0.3 is 0 Å². The van der Waals surface area contributed by atoms with Crippen molar-refractivity contribution < 1.29 is 9.21 Å². The first-order chi connectivity index (χ1) is 13.3. The molecule has 0 unspecified atom stereocenters. The van der Waals surface area contributed by atoms with Gasteiger partial charge in [0.15, 0.2) is 11.5 Å². The number of amides is 1. The van der Waals surface area contributed by atoms with Crippen LogP contribution in [0.15, 0.2) is 52.9 Å². The summed E-state index contributed by atoms with van der Waals surface area (Å²) in [6.07, 6.45) is 2.94. The Morgan fingerprint density at radius 1 is 1.11 bits per heavy atom. The Hall–Kier alpha value is -2.73. The topological polar surface area (TPSA) is 59.2 Å². The largest absolute Gasteiger partial charge is 0.441 e. The molecule has 0 spiro atoms. The monoisotopic (exact) mass is 377 g/mol. The van der Waals surface area contributed by atoms with Gasteiger partial charge in [-0.15, -0.1) is 11.3 Å². The van der Waals surface area contributed by atoms with Gasteiger partial charge in [0, 0.05) is 19.4 Å². The van der Waals surface area contributed by atoms with Gasteiger partial charge < -0.3 is 9.32 Å². The third-order valence-electron chi connectivity index (χ3n) is 5.06. The van der Waals surface area contributed by atoms with Crippen molar-refractivity contribution in [2.75, 3.05) is 6.54 Å². The average molecular weight is 377 g/mol. The number of hydrogen-bond donors (Lipinski definition) is 0. The minimum Gasteiger partial charge on any atom is -0.441 e. The third-order valence-corrected chi connectivity index (χ3v) is 6.20. The number of aromatic nitrogens is 2. The van der Waals surface area contributed by atoms with Crippen LogP contribution in [0.5, 0.6) is 0 Å². The minimum atomic E-state index is 0.0959. The number of para-hydroxylation sites is 3. The zero-order valence-electron chi connectivity index (χ0n) is 14.8. The smallest absolute Gasteiger partial charge is 0.223 e. The van der Waals surface area contributed by atoms with E-state index in [1.807, 2.05) is 47.4 Å². The van der Waals surface area contributed by atoms with Crippen molar-refractivity contribution in [1.82, 2.24) is 14.9 Å². The summed E-state index contributed by atoms with van der Waals surface area (Å²) >= 11 is 1.70. The van der Waals surface area contributed by atoms with Crippen LogP contribution in [0.2, 0.25) is 0 Å². The molecule has 5 rings (SSSR count). The maximum atomic E-state index is 12.9. The summed E-state index contributed by atoms with van der Waals surface area (Å²) in [5.74, 6) is 0.777. The van der Waals surface area contributed by atoms with E-state index in [1.165, 1.54) is 4.70 Å². The average Bonchev–Trinajstić information content (AvgIpc) is 3.42. The lowest BCUT2D eigenvalue weighted by Crippen LogP contribution is -2.30. The molecule has 1 fully saturated rings. The van der Waals surface area contributed by atoms with Crippen molar-refractivity contribution in [3.8, 4) is 0 Å². The molecule has 0 N–H and O–H groups in total. The van der Waals surface area contributed by atoms with Gasteiger partial charge in [0.2, 0.25) is 5.91 Å². The van der Waals surface area contributed by atoms with Gasteiger partial charge in [-0.2, -0.15) is 0 Å². The lowest BCUT2D eigenvalue weighted by molar-refractivity contribution is -0.132. The van der Waals surface area contributed by atoms with E-state index in [2.05, 4.69) is 11.1 Å². The van der Waals surface area contributed by atoms with Gasteiger partial charge in [-0.05, 0) is 37.1 Å². The van der Waals surface area contributed by atoms with Crippen molar-refractivity contribution in [3.05, 3.63) is 59.4 Å². The molecule has 27 heavy (non-hydrogen) atoms. The number of nitrogens with zero attached hydrogens (tertiary/aromatic N) is 3. The number of benzene rings is 2. The Bertz CT molecular complexity index is 1050. The van der Waals surface area contributed by atoms with Crippen molar-refractivity contribution in [3.63, 3.8) is 0 Å². The van der Waals surface area contributed by atoms with Gasteiger partial charge in [0.1, 0.15) is 10.5 Å². The summed E-state index contributed by atoms with van der Waals surface area (Å²) in [4.78, 5) is 24.1. The first-order valence-corrected chi connectivity index (χ1v) is 10.1. The van der Waals surface area contributed by atoms with Crippen LogP contribution in [0.3, 0.4) is 0 Å². The molecule has 6 heteroatoms. The Kier molecular flexibility index (Phi) is 4.13. The van der Waals surface area contributed by atoms with E-state index in [1.54, 1.807) is 11.3 Å². The molecule has 1 aliphatic rings. The van der Waals surface area contributed by atoms with E-state index in [9.17, 15) is 4.79 Å². The molecule has 1 amide bonds.